The predicted molar refractivity (Wildman–Crippen MR) is 95.2 cm³/mol. The Morgan fingerprint density at radius 2 is 2.08 bits per heavy atom. The minimum absolute atomic E-state index is 0.167. The number of benzene rings is 1. The van der Waals surface area contributed by atoms with Crippen LogP contribution in [-0.2, 0) is 21.5 Å². The molecule has 9 heteroatoms. The number of hydrogen-bond acceptors (Lipinski definition) is 3. The summed E-state index contributed by atoms with van der Waals surface area (Å²) in [5.41, 5.74) is 0.767. The maximum Gasteiger partial charge on any atom is 0.281 e. The van der Waals surface area contributed by atoms with Gasteiger partial charge in [-0.25, -0.2) is 0 Å². The maximum atomic E-state index is 12.4. The number of carbonyl (C=O) groups is 1. The van der Waals surface area contributed by atoms with E-state index in [0.29, 0.717) is 29.4 Å². The van der Waals surface area contributed by atoms with E-state index in [-0.39, 0.29) is 24.9 Å². The molecule has 134 valence electrons. The number of carbonyl (C=O) groups excluding carboxylic acids is 1. The number of amides is 1. The molecular weight excluding hydrogens is 373 g/mol. The molecule has 1 aromatic carbocycles. The van der Waals surface area contributed by atoms with Gasteiger partial charge in [0.1, 0.15) is 0 Å². The van der Waals surface area contributed by atoms with Crippen molar-refractivity contribution in [3.8, 4) is 0 Å². The van der Waals surface area contributed by atoms with Crippen molar-refractivity contribution in [3.05, 3.63) is 33.8 Å². The minimum atomic E-state index is -3.49. The van der Waals surface area contributed by atoms with E-state index in [2.05, 4.69) is 5.32 Å². The molecule has 1 saturated heterocycles. The van der Waals surface area contributed by atoms with Crippen LogP contribution in [0.1, 0.15) is 18.4 Å². The van der Waals surface area contributed by atoms with E-state index < -0.39 is 10.2 Å². The summed E-state index contributed by atoms with van der Waals surface area (Å²) in [7, 11) is -0.519. The van der Waals surface area contributed by atoms with Crippen molar-refractivity contribution in [2.24, 2.45) is 5.92 Å². The number of piperidine rings is 1. The van der Waals surface area contributed by atoms with Gasteiger partial charge in [0.05, 0.1) is 5.92 Å². The molecule has 1 N–H and O–H groups in total. The zero-order chi connectivity index (χ0) is 17.9. The normalized spacial score (nSPS) is 19.5. The average Bonchev–Trinajstić information content (AvgIpc) is 2.53. The molecule has 0 radical (unpaired) electrons. The van der Waals surface area contributed by atoms with Gasteiger partial charge in [0.2, 0.25) is 5.91 Å². The van der Waals surface area contributed by atoms with Crippen molar-refractivity contribution >= 4 is 39.3 Å². The standard InChI is InChI=1S/C15H21Cl2N3O3S/c1-19(2)24(22,23)20-7-3-4-12(10-20)15(21)18-9-11-5-6-13(16)8-14(11)17/h5-6,8,12H,3-4,7,9-10H2,1-2H3,(H,18,21)/t12-/m0/s1. The summed E-state index contributed by atoms with van der Waals surface area (Å²) in [6, 6.07) is 5.09. The Bertz CT molecular complexity index is 710. The Hall–Kier alpha value is -0.860. The number of nitrogens with zero attached hydrogens (tertiary/aromatic N) is 2. The Morgan fingerprint density at radius 1 is 1.38 bits per heavy atom. The van der Waals surface area contributed by atoms with Crippen LogP contribution in [0.5, 0.6) is 0 Å². The first kappa shape index (κ1) is 19.5. The zero-order valence-corrected chi connectivity index (χ0v) is 16.0. The molecule has 2 rings (SSSR count). The van der Waals surface area contributed by atoms with Crippen molar-refractivity contribution in [2.45, 2.75) is 19.4 Å². The predicted octanol–water partition coefficient (Wildman–Crippen LogP) is 2.13. The number of nitrogens with one attached hydrogen (secondary N) is 1. The number of rotatable bonds is 5. The number of hydrogen-bond donors (Lipinski definition) is 1. The molecule has 1 aromatic rings. The van der Waals surface area contributed by atoms with Gasteiger partial charge in [0, 0.05) is 43.8 Å². The van der Waals surface area contributed by atoms with E-state index in [9.17, 15) is 13.2 Å². The van der Waals surface area contributed by atoms with Gasteiger partial charge in [0.15, 0.2) is 0 Å². The minimum Gasteiger partial charge on any atom is -0.352 e. The third-order valence-corrected chi connectivity index (χ3v) is 6.50. The summed E-state index contributed by atoms with van der Waals surface area (Å²) in [4.78, 5) is 12.4. The van der Waals surface area contributed by atoms with Gasteiger partial charge in [-0.3, -0.25) is 4.79 Å². The van der Waals surface area contributed by atoms with Crippen LogP contribution in [0.15, 0.2) is 18.2 Å². The fourth-order valence-corrected chi connectivity index (χ4v) is 4.25. The van der Waals surface area contributed by atoms with Gasteiger partial charge in [-0.2, -0.15) is 17.0 Å². The molecule has 0 spiro atoms. The Labute approximate surface area is 152 Å². The lowest BCUT2D eigenvalue weighted by atomic mass is 9.99. The van der Waals surface area contributed by atoms with Gasteiger partial charge in [-0.15, -0.1) is 0 Å². The molecule has 0 aliphatic carbocycles. The fraction of sp³-hybridized carbons (Fsp3) is 0.533. The topological polar surface area (TPSA) is 69.7 Å². The van der Waals surface area contributed by atoms with E-state index >= 15 is 0 Å². The molecule has 1 aliphatic rings. The SMILES string of the molecule is CN(C)S(=O)(=O)N1CCC[C@H](C(=O)NCc2ccc(Cl)cc2Cl)C1. The second kappa shape index (κ2) is 8.01. The van der Waals surface area contributed by atoms with Crippen LogP contribution >= 0.6 is 23.2 Å². The summed E-state index contributed by atoms with van der Waals surface area (Å²) in [5, 5.41) is 3.85. The Morgan fingerprint density at radius 3 is 2.71 bits per heavy atom. The highest BCUT2D eigenvalue weighted by Crippen LogP contribution is 2.22. The van der Waals surface area contributed by atoms with Gasteiger partial charge >= 0.3 is 0 Å². The second-order valence-electron chi connectivity index (χ2n) is 5.94. The lowest BCUT2D eigenvalue weighted by Crippen LogP contribution is -2.48. The van der Waals surface area contributed by atoms with Crippen LogP contribution in [0.3, 0.4) is 0 Å². The lowest BCUT2D eigenvalue weighted by molar-refractivity contribution is -0.126. The largest absolute Gasteiger partial charge is 0.352 e. The highest BCUT2D eigenvalue weighted by Gasteiger charge is 2.33. The van der Waals surface area contributed by atoms with Gasteiger partial charge in [-0.1, -0.05) is 29.3 Å². The third-order valence-electron chi connectivity index (χ3n) is 4.01. The molecule has 1 fully saturated rings. The molecule has 24 heavy (non-hydrogen) atoms. The van der Waals surface area contributed by atoms with Crippen molar-refractivity contribution in [1.29, 1.82) is 0 Å². The fourth-order valence-electron chi connectivity index (χ4n) is 2.59. The van der Waals surface area contributed by atoms with Crippen molar-refractivity contribution in [1.82, 2.24) is 13.9 Å². The molecule has 1 heterocycles. The van der Waals surface area contributed by atoms with Crippen LogP contribution in [0.4, 0.5) is 0 Å². The van der Waals surface area contributed by atoms with Crippen LogP contribution in [0, 0.1) is 5.92 Å². The Kier molecular flexibility index (Phi) is 6.50. The lowest BCUT2D eigenvalue weighted by Gasteiger charge is -2.32. The van der Waals surface area contributed by atoms with Gasteiger partial charge in [0.25, 0.3) is 10.2 Å². The monoisotopic (exact) mass is 393 g/mol. The molecule has 1 aliphatic heterocycles. The summed E-state index contributed by atoms with van der Waals surface area (Å²) in [6.45, 7) is 0.916. The molecule has 6 nitrogen and oxygen atoms in total. The molecule has 0 bridgehead atoms. The van der Waals surface area contributed by atoms with E-state index in [0.717, 1.165) is 5.56 Å². The molecule has 0 unspecified atom stereocenters. The first-order valence-electron chi connectivity index (χ1n) is 7.61. The Balaban J connectivity index is 1.97. The second-order valence-corrected chi connectivity index (χ2v) is 8.93. The van der Waals surface area contributed by atoms with Crippen molar-refractivity contribution in [3.63, 3.8) is 0 Å². The molecule has 0 aromatic heterocycles. The van der Waals surface area contributed by atoms with E-state index in [1.54, 1.807) is 18.2 Å². The smallest absolute Gasteiger partial charge is 0.281 e. The highest BCUT2D eigenvalue weighted by molar-refractivity contribution is 7.86. The third kappa shape index (κ3) is 4.61. The number of halogens is 2. The summed E-state index contributed by atoms with van der Waals surface area (Å²) in [5.74, 6) is -0.528. The maximum absolute atomic E-state index is 12.4. The van der Waals surface area contributed by atoms with E-state index in [4.69, 9.17) is 23.2 Å². The van der Waals surface area contributed by atoms with Crippen LogP contribution in [0.2, 0.25) is 10.0 Å². The first-order chi connectivity index (χ1) is 11.2. The summed E-state index contributed by atoms with van der Waals surface area (Å²) < 4.78 is 26.9. The van der Waals surface area contributed by atoms with E-state index in [1.807, 2.05) is 0 Å². The quantitative estimate of drug-likeness (QED) is 0.832. The summed E-state index contributed by atoms with van der Waals surface area (Å²) in [6.07, 6.45) is 1.33. The average molecular weight is 394 g/mol. The summed E-state index contributed by atoms with van der Waals surface area (Å²) >= 11 is 11.9. The van der Waals surface area contributed by atoms with E-state index in [1.165, 1.54) is 22.7 Å². The van der Waals surface area contributed by atoms with Crippen LogP contribution in [-0.4, -0.2) is 50.1 Å². The van der Waals surface area contributed by atoms with Crippen LogP contribution < -0.4 is 5.32 Å². The van der Waals surface area contributed by atoms with Gasteiger partial charge in [-0.05, 0) is 30.5 Å². The van der Waals surface area contributed by atoms with Gasteiger partial charge < -0.3 is 5.32 Å². The van der Waals surface area contributed by atoms with Crippen molar-refractivity contribution < 1.29 is 13.2 Å². The molecule has 0 saturated carbocycles. The molecule has 1 amide bonds. The first-order valence-corrected chi connectivity index (χ1v) is 9.76. The highest BCUT2D eigenvalue weighted by atomic mass is 35.5. The zero-order valence-electron chi connectivity index (χ0n) is 13.6. The molecular formula is C15H21Cl2N3O3S. The van der Waals surface area contributed by atoms with Crippen LogP contribution in [0.25, 0.3) is 0 Å². The van der Waals surface area contributed by atoms with Crippen molar-refractivity contribution in [2.75, 3.05) is 27.2 Å². The molecule has 1 atom stereocenters.